The van der Waals surface area contributed by atoms with Gasteiger partial charge in [0.25, 0.3) is 0 Å². The number of halogens is 4. The van der Waals surface area contributed by atoms with Gasteiger partial charge in [-0.2, -0.15) is 13.2 Å². The van der Waals surface area contributed by atoms with Crippen LogP contribution in [0.4, 0.5) is 13.2 Å². The third kappa shape index (κ3) is 2.18. The second-order valence-corrected chi connectivity index (χ2v) is 2.99. The van der Waals surface area contributed by atoms with Crippen molar-refractivity contribution in [1.29, 1.82) is 0 Å². The van der Waals surface area contributed by atoms with Gasteiger partial charge in [0.05, 0.1) is 16.1 Å². The topological polar surface area (TPSA) is 4.36 Å². The highest BCUT2D eigenvalue weighted by molar-refractivity contribution is 6.31. The summed E-state index contributed by atoms with van der Waals surface area (Å²) in [6.07, 6.45) is -4.45. The Kier molecular flexibility index (Phi) is 3.02. The van der Waals surface area contributed by atoms with Gasteiger partial charge in [-0.05, 0) is 12.1 Å². The number of hydrogen-bond donors (Lipinski definition) is 0. The number of alkyl halides is 3. The van der Waals surface area contributed by atoms with E-state index in [2.05, 4.69) is 4.85 Å². The number of benzene rings is 1. The van der Waals surface area contributed by atoms with Gasteiger partial charge in [-0.15, -0.1) is 0 Å². The predicted octanol–water partition coefficient (Wildman–Crippen LogP) is 3.78. The highest BCUT2D eigenvalue weighted by atomic mass is 35.5. The van der Waals surface area contributed by atoms with Crippen LogP contribution in [0.2, 0.25) is 5.02 Å². The largest absolute Gasteiger partial charge is 0.417 e. The van der Waals surface area contributed by atoms with Gasteiger partial charge in [-0.25, -0.2) is 6.57 Å². The van der Waals surface area contributed by atoms with Crippen LogP contribution >= 0.6 is 11.6 Å². The Balaban J connectivity index is 3.30. The Morgan fingerprint density at radius 3 is 2.50 bits per heavy atom. The molecule has 0 aliphatic heterocycles. The van der Waals surface area contributed by atoms with Gasteiger partial charge < -0.3 is 4.85 Å². The summed E-state index contributed by atoms with van der Waals surface area (Å²) in [5, 5.41) is -0.0178. The van der Waals surface area contributed by atoms with E-state index < -0.39 is 11.7 Å². The lowest BCUT2D eigenvalue weighted by Gasteiger charge is -2.10. The molecule has 74 valence electrons. The lowest BCUT2D eigenvalue weighted by Crippen LogP contribution is -2.08. The smallest absolute Gasteiger partial charge is 0.312 e. The van der Waals surface area contributed by atoms with Crippen LogP contribution in [0.25, 0.3) is 4.85 Å². The van der Waals surface area contributed by atoms with Gasteiger partial charge in [0.1, 0.15) is 0 Å². The standard InChI is InChI=1S/C9H5ClF3N/c1-14-5-6-7(9(11,12)13)3-2-4-8(6)10/h2-4H,5H2. The number of rotatable bonds is 1. The quantitative estimate of drug-likeness (QED) is 0.633. The molecule has 0 saturated carbocycles. The number of nitrogens with zero attached hydrogens (tertiary/aromatic N) is 1. The molecule has 1 rings (SSSR count). The highest BCUT2D eigenvalue weighted by Gasteiger charge is 2.34. The van der Waals surface area contributed by atoms with E-state index >= 15 is 0 Å². The molecule has 1 aromatic carbocycles. The zero-order valence-corrected chi connectivity index (χ0v) is 7.65. The molecular weight excluding hydrogens is 215 g/mol. The summed E-state index contributed by atoms with van der Waals surface area (Å²) in [4.78, 5) is 2.91. The molecule has 0 N–H and O–H groups in total. The maximum atomic E-state index is 12.4. The summed E-state index contributed by atoms with van der Waals surface area (Å²) >= 11 is 5.57. The van der Waals surface area contributed by atoms with Crippen LogP contribution < -0.4 is 0 Å². The Labute approximate surface area is 83.9 Å². The third-order valence-electron chi connectivity index (χ3n) is 1.66. The zero-order chi connectivity index (χ0) is 10.8. The highest BCUT2D eigenvalue weighted by Crippen LogP contribution is 2.35. The van der Waals surface area contributed by atoms with Gasteiger partial charge in [0.15, 0.2) is 0 Å². The minimum Gasteiger partial charge on any atom is -0.312 e. The first-order chi connectivity index (χ1) is 6.46. The molecule has 0 bridgehead atoms. The van der Waals surface area contributed by atoms with Gasteiger partial charge in [0.2, 0.25) is 6.54 Å². The average molecular weight is 220 g/mol. The summed E-state index contributed by atoms with van der Waals surface area (Å²) in [6.45, 7) is 6.18. The summed E-state index contributed by atoms with van der Waals surface area (Å²) in [5.74, 6) is 0. The first-order valence-corrected chi connectivity index (χ1v) is 4.02. The van der Waals surface area contributed by atoms with E-state index in [1.165, 1.54) is 12.1 Å². The molecule has 0 aliphatic carbocycles. The van der Waals surface area contributed by atoms with E-state index in [-0.39, 0.29) is 17.1 Å². The van der Waals surface area contributed by atoms with E-state index in [1.807, 2.05) is 0 Å². The molecule has 0 aromatic heterocycles. The SMILES string of the molecule is [C-]#[N+]Cc1c(Cl)cccc1C(F)(F)F. The first kappa shape index (κ1) is 10.9. The van der Waals surface area contributed by atoms with Crippen molar-refractivity contribution in [2.24, 2.45) is 0 Å². The molecule has 14 heavy (non-hydrogen) atoms. The Morgan fingerprint density at radius 2 is 2.00 bits per heavy atom. The van der Waals surface area contributed by atoms with Crippen LogP contribution in [-0.2, 0) is 12.7 Å². The van der Waals surface area contributed by atoms with Crippen LogP contribution in [0.5, 0.6) is 0 Å². The molecule has 0 atom stereocenters. The molecule has 0 aliphatic rings. The zero-order valence-electron chi connectivity index (χ0n) is 6.90. The number of hydrogen-bond acceptors (Lipinski definition) is 0. The van der Waals surface area contributed by atoms with Crippen LogP contribution in [0.15, 0.2) is 18.2 Å². The second-order valence-electron chi connectivity index (χ2n) is 2.58. The maximum Gasteiger partial charge on any atom is 0.417 e. The Morgan fingerprint density at radius 1 is 1.36 bits per heavy atom. The van der Waals surface area contributed by atoms with E-state index in [0.29, 0.717) is 0 Å². The summed E-state index contributed by atoms with van der Waals surface area (Å²) in [6, 6.07) is 3.49. The first-order valence-electron chi connectivity index (χ1n) is 3.64. The van der Waals surface area contributed by atoms with Crippen LogP contribution in [0.3, 0.4) is 0 Å². The van der Waals surface area contributed by atoms with Crippen LogP contribution in [-0.4, -0.2) is 0 Å². The van der Waals surface area contributed by atoms with Gasteiger partial charge in [0, 0.05) is 0 Å². The van der Waals surface area contributed by atoms with Crippen LogP contribution in [0, 0.1) is 6.57 Å². The van der Waals surface area contributed by atoms with Crippen LogP contribution in [0.1, 0.15) is 11.1 Å². The molecule has 0 amide bonds. The van der Waals surface area contributed by atoms with Crippen molar-refractivity contribution in [3.8, 4) is 0 Å². The summed E-state index contributed by atoms with van der Waals surface area (Å²) in [5.41, 5.74) is -0.988. The molecule has 0 spiro atoms. The van der Waals surface area contributed by atoms with Crippen molar-refractivity contribution in [2.75, 3.05) is 0 Å². The molecule has 1 aromatic rings. The Hall–Kier alpha value is -1.21. The minimum absolute atomic E-state index is 0.0178. The monoisotopic (exact) mass is 219 g/mol. The Bertz CT molecular complexity index is 379. The van der Waals surface area contributed by atoms with E-state index in [0.717, 1.165) is 6.07 Å². The fourth-order valence-electron chi connectivity index (χ4n) is 1.06. The lowest BCUT2D eigenvalue weighted by molar-refractivity contribution is -0.138. The van der Waals surface area contributed by atoms with Gasteiger partial charge in [-0.3, -0.25) is 0 Å². The third-order valence-corrected chi connectivity index (χ3v) is 2.02. The lowest BCUT2D eigenvalue weighted by atomic mass is 10.1. The molecule has 0 saturated heterocycles. The van der Waals surface area contributed by atoms with Crippen molar-refractivity contribution < 1.29 is 13.2 Å². The molecule has 1 nitrogen and oxygen atoms in total. The average Bonchev–Trinajstić information content (AvgIpc) is 2.07. The van der Waals surface area contributed by atoms with Crippen molar-refractivity contribution in [3.05, 3.63) is 45.8 Å². The summed E-state index contributed by atoms with van der Waals surface area (Å²) in [7, 11) is 0. The van der Waals surface area contributed by atoms with Gasteiger partial charge >= 0.3 is 6.18 Å². The fraction of sp³-hybridized carbons (Fsp3) is 0.222. The van der Waals surface area contributed by atoms with E-state index in [9.17, 15) is 13.2 Å². The molecular formula is C9H5ClF3N. The van der Waals surface area contributed by atoms with Crippen molar-refractivity contribution in [1.82, 2.24) is 0 Å². The van der Waals surface area contributed by atoms with Crippen molar-refractivity contribution in [2.45, 2.75) is 12.7 Å². The van der Waals surface area contributed by atoms with E-state index in [1.54, 1.807) is 0 Å². The predicted molar refractivity (Wildman–Crippen MR) is 46.8 cm³/mol. The minimum atomic E-state index is -4.45. The van der Waals surface area contributed by atoms with Crippen molar-refractivity contribution >= 4 is 11.6 Å². The molecule has 0 heterocycles. The maximum absolute atomic E-state index is 12.4. The fourth-order valence-corrected chi connectivity index (χ4v) is 1.30. The molecule has 0 radical (unpaired) electrons. The molecule has 0 unspecified atom stereocenters. The molecule has 5 heteroatoms. The summed E-state index contributed by atoms with van der Waals surface area (Å²) < 4.78 is 37.2. The van der Waals surface area contributed by atoms with Crippen molar-refractivity contribution in [3.63, 3.8) is 0 Å². The second kappa shape index (κ2) is 3.89. The van der Waals surface area contributed by atoms with E-state index in [4.69, 9.17) is 18.2 Å². The normalized spacial score (nSPS) is 11.1. The van der Waals surface area contributed by atoms with Gasteiger partial charge in [-0.1, -0.05) is 17.7 Å². The molecule has 0 fully saturated rings.